The Hall–Kier alpha value is -0.937. The molecule has 0 saturated heterocycles. The van der Waals surface area contributed by atoms with Crippen LogP contribution in [0.25, 0.3) is 0 Å². The molecule has 35 heavy (non-hydrogen) atoms. The number of unbranched alkanes of at least 4 members (excludes halogenated alkanes) is 1. The second kappa shape index (κ2) is 31.1. The molecule has 0 aliphatic rings. The molecule has 0 radical (unpaired) electrons. The zero-order chi connectivity index (χ0) is 26.8. The van der Waals surface area contributed by atoms with Gasteiger partial charge in [-0.05, 0) is 120 Å². The first kappa shape index (κ1) is 41.2. The van der Waals surface area contributed by atoms with Crippen molar-refractivity contribution in [1.82, 2.24) is 0 Å². The van der Waals surface area contributed by atoms with Crippen LogP contribution in [0.3, 0.4) is 0 Å². The Morgan fingerprint density at radius 2 is 0.571 bits per heavy atom. The molecule has 0 bridgehead atoms. The molecule has 0 unspecified atom stereocenters. The summed E-state index contributed by atoms with van der Waals surface area (Å²) in [4.78, 5) is 0. The third-order valence-electron chi connectivity index (χ3n) is 5.40. The van der Waals surface area contributed by atoms with Crippen LogP contribution in [-0.2, 0) is 19.5 Å². The van der Waals surface area contributed by atoms with Gasteiger partial charge in [-0.25, -0.2) is 0 Å². The fourth-order valence-corrected chi connectivity index (χ4v) is 3.34. The van der Waals surface area contributed by atoms with E-state index in [1.807, 2.05) is 0 Å². The summed E-state index contributed by atoms with van der Waals surface area (Å²) in [5.74, 6) is 0. The summed E-state index contributed by atoms with van der Waals surface area (Å²) in [5.41, 5.74) is 8.97. The van der Waals surface area contributed by atoms with Crippen molar-refractivity contribution >= 4 is 0 Å². The second-order valence-electron chi connectivity index (χ2n) is 9.50. The third-order valence-corrected chi connectivity index (χ3v) is 5.40. The van der Waals surface area contributed by atoms with E-state index in [9.17, 15) is 0 Å². The van der Waals surface area contributed by atoms with Crippen LogP contribution >= 0.6 is 0 Å². The molecule has 0 heterocycles. The van der Waals surface area contributed by atoms with Gasteiger partial charge >= 0.3 is 19.5 Å². The smallest absolute Gasteiger partial charge is 0.346 e. The zero-order valence-corrected chi connectivity index (χ0v) is 28.6. The SMILES string of the molecule is CC(C)=CCCC(C)=CCCC(C)=CCCC=C(C)CCC=C(C)CCC=C(C)C.[CH2-]C.[CH2-]C.[Zn+2]. The van der Waals surface area contributed by atoms with E-state index in [1.54, 1.807) is 13.8 Å². The third kappa shape index (κ3) is 35.3. The van der Waals surface area contributed by atoms with Gasteiger partial charge in [0.15, 0.2) is 0 Å². The van der Waals surface area contributed by atoms with E-state index in [0.717, 1.165) is 0 Å². The van der Waals surface area contributed by atoms with Crippen LogP contribution in [0.4, 0.5) is 0 Å². The van der Waals surface area contributed by atoms with E-state index in [0.29, 0.717) is 0 Å². The van der Waals surface area contributed by atoms with Crippen LogP contribution in [0.15, 0.2) is 69.9 Å². The van der Waals surface area contributed by atoms with Crippen LogP contribution in [0, 0.1) is 13.8 Å². The Kier molecular flexibility index (Phi) is 36.6. The fraction of sp³-hybridized carbons (Fsp3) is 0.588. The molecule has 198 valence electrons. The molecule has 0 spiro atoms. The van der Waals surface area contributed by atoms with Gasteiger partial charge in [-0.1, -0.05) is 69.9 Å². The van der Waals surface area contributed by atoms with Crippen LogP contribution in [0.5, 0.6) is 0 Å². The minimum absolute atomic E-state index is 0. The first-order chi connectivity index (χ1) is 16.2. The molecular weight excluding hydrogens is 474 g/mol. The van der Waals surface area contributed by atoms with E-state index in [1.165, 1.54) is 97.6 Å². The van der Waals surface area contributed by atoms with Gasteiger partial charge in [0.2, 0.25) is 0 Å². The molecule has 0 atom stereocenters. The summed E-state index contributed by atoms with van der Waals surface area (Å²) in [5, 5.41) is 0. The maximum absolute atomic E-state index is 3.25. The van der Waals surface area contributed by atoms with Crippen molar-refractivity contribution < 1.29 is 19.5 Å². The Morgan fingerprint density at radius 1 is 0.371 bits per heavy atom. The Morgan fingerprint density at radius 3 is 0.800 bits per heavy atom. The molecule has 0 nitrogen and oxygen atoms in total. The summed E-state index contributed by atoms with van der Waals surface area (Å²) in [6.07, 6.45) is 26.2. The molecule has 0 saturated carbocycles. The molecular formula is C34H60Zn. The number of allylic oxidation sites excluding steroid dienone is 12. The van der Waals surface area contributed by atoms with Crippen molar-refractivity contribution in [3.63, 3.8) is 0 Å². The monoisotopic (exact) mass is 532 g/mol. The summed E-state index contributed by atoms with van der Waals surface area (Å²) in [6, 6.07) is 0. The Balaban J connectivity index is -0.000000908. The maximum Gasteiger partial charge on any atom is 2.00 e. The van der Waals surface area contributed by atoms with Gasteiger partial charge in [0.25, 0.3) is 0 Å². The first-order valence-electron chi connectivity index (χ1n) is 13.5. The van der Waals surface area contributed by atoms with Gasteiger partial charge in [-0.3, -0.25) is 0 Å². The van der Waals surface area contributed by atoms with Gasteiger partial charge < -0.3 is 13.8 Å². The summed E-state index contributed by atoms with van der Waals surface area (Å²) in [7, 11) is 0. The van der Waals surface area contributed by atoms with Gasteiger partial charge in [0.05, 0.1) is 0 Å². The average Bonchev–Trinajstić information content (AvgIpc) is 2.79. The molecule has 0 aromatic rings. The van der Waals surface area contributed by atoms with Crippen LogP contribution < -0.4 is 0 Å². The molecule has 0 aliphatic heterocycles. The molecule has 0 aromatic carbocycles. The Bertz CT molecular complexity index is 584. The number of rotatable bonds is 15. The van der Waals surface area contributed by atoms with Crippen LogP contribution in [-0.4, -0.2) is 0 Å². The number of hydrogen-bond donors (Lipinski definition) is 0. The molecule has 0 amide bonds. The molecule has 0 rings (SSSR count). The first-order valence-corrected chi connectivity index (χ1v) is 13.5. The van der Waals surface area contributed by atoms with E-state index in [2.05, 4.69) is 106 Å². The van der Waals surface area contributed by atoms with Gasteiger partial charge in [-0.2, -0.15) is 13.8 Å². The van der Waals surface area contributed by atoms with E-state index in [-0.39, 0.29) is 19.5 Å². The number of hydrogen-bond acceptors (Lipinski definition) is 0. The molecule has 0 N–H and O–H groups in total. The molecule has 0 fully saturated rings. The molecule has 0 aromatic heterocycles. The van der Waals surface area contributed by atoms with E-state index < -0.39 is 0 Å². The summed E-state index contributed by atoms with van der Waals surface area (Å²) in [6.45, 7) is 27.8. The Labute approximate surface area is 236 Å². The van der Waals surface area contributed by atoms with Crippen molar-refractivity contribution in [1.29, 1.82) is 0 Å². The van der Waals surface area contributed by atoms with Gasteiger partial charge in [0, 0.05) is 0 Å². The van der Waals surface area contributed by atoms with Gasteiger partial charge in [-0.15, -0.1) is 0 Å². The van der Waals surface area contributed by atoms with E-state index in [4.69, 9.17) is 0 Å². The zero-order valence-electron chi connectivity index (χ0n) is 25.7. The van der Waals surface area contributed by atoms with Crippen molar-refractivity contribution in [2.75, 3.05) is 0 Å². The predicted molar refractivity (Wildman–Crippen MR) is 162 cm³/mol. The summed E-state index contributed by atoms with van der Waals surface area (Å²) < 4.78 is 0. The fourth-order valence-electron chi connectivity index (χ4n) is 3.34. The second-order valence-corrected chi connectivity index (χ2v) is 9.50. The minimum Gasteiger partial charge on any atom is -0.346 e. The maximum atomic E-state index is 3.25. The summed E-state index contributed by atoms with van der Waals surface area (Å²) >= 11 is 0. The molecule has 1 heteroatoms. The van der Waals surface area contributed by atoms with Crippen LogP contribution in [0.2, 0.25) is 0 Å². The van der Waals surface area contributed by atoms with Crippen molar-refractivity contribution in [2.24, 2.45) is 0 Å². The minimum atomic E-state index is 0. The van der Waals surface area contributed by atoms with Gasteiger partial charge in [0.1, 0.15) is 0 Å². The van der Waals surface area contributed by atoms with Crippen molar-refractivity contribution in [2.45, 2.75) is 133 Å². The topological polar surface area (TPSA) is 0 Å². The van der Waals surface area contributed by atoms with Crippen LogP contribution in [0.1, 0.15) is 133 Å². The van der Waals surface area contributed by atoms with E-state index >= 15 is 0 Å². The van der Waals surface area contributed by atoms with Crippen molar-refractivity contribution in [3.8, 4) is 0 Å². The largest absolute Gasteiger partial charge is 2.00 e. The standard InChI is InChI=1S/C30H50.2C2H5.Zn/c1-25(2)15-11-19-29(7)23-13-21-27(5)17-9-10-18-28(6)22-14-24-30(8)20-12-16-26(3)4;2*1-2;/h15-18,23-24H,9-14,19-22H2,1-8H3;2*1H2,2H3;/q;2*-1;+2. The molecule has 0 aliphatic carbocycles. The normalized spacial score (nSPS) is 11.9. The quantitative estimate of drug-likeness (QED) is 0.0849. The predicted octanol–water partition coefficient (Wildman–Crippen LogP) is 12.3. The average molecular weight is 534 g/mol. The van der Waals surface area contributed by atoms with Crippen molar-refractivity contribution in [3.05, 3.63) is 83.7 Å².